The van der Waals surface area contributed by atoms with Gasteiger partial charge in [0, 0.05) is 5.69 Å². The molecule has 6 nitrogen and oxygen atoms in total. The highest BCUT2D eigenvalue weighted by Crippen LogP contribution is 2.16. The Morgan fingerprint density at radius 2 is 1.91 bits per heavy atom. The Balaban J connectivity index is 1.68. The first kappa shape index (κ1) is 15.0. The Bertz CT molecular complexity index is 840. The zero-order chi connectivity index (χ0) is 16.2. The van der Waals surface area contributed by atoms with Crippen LogP contribution in [0.3, 0.4) is 0 Å². The maximum Gasteiger partial charge on any atom is 0.302 e. The molecule has 2 amide bonds. The predicted molar refractivity (Wildman–Crippen MR) is 87.9 cm³/mol. The van der Waals surface area contributed by atoms with E-state index in [-0.39, 0.29) is 17.6 Å². The lowest BCUT2D eigenvalue weighted by Crippen LogP contribution is -2.14. The lowest BCUT2D eigenvalue weighted by Gasteiger charge is -2.05. The maximum atomic E-state index is 12.1. The summed E-state index contributed by atoms with van der Waals surface area (Å²) in [5.41, 5.74) is 1.73. The molecule has 2 N–H and O–H groups in total. The number of nitrogens with zero attached hydrogens (tertiary/aromatic N) is 1. The van der Waals surface area contributed by atoms with E-state index in [0.717, 1.165) is 5.56 Å². The second kappa shape index (κ2) is 6.45. The van der Waals surface area contributed by atoms with Crippen molar-refractivity contribution >= 4 is 34.9 Å². The van der Waals surface area contributed by atoms with E-state index in [0.29, 0.717) is 10.6 Å². The highest BCUT2D eigenvalue weighted by atomic mass is 32.1. The molecule has 3 rings (SSSR count). The zero-order valence-electron chi connectivity index (χ0n) is 12.2. The molecule has 0 aliphatic rings. The average molecular weight is 327 g/mol. The number of rotatable bonds is 4. The number of benzene rings is 1. The van der Waals surface area contributed by atoms with Gasteiger partial charge in [0.25, 0.3) is 11.8 Å². The number of thiophene rings is 1. The molecule has 0 unspecified atom stereocenters. The van der Waals surface area contributed by atoms with Gasteiger partial charge in [-0.25, -0.2) is 0 Å². The summed E-state index contributed by atoms with van der Waals surface area (Å²) in [6, 6.07) is 10.9. The Morgan fingerprint density at radius 1 is 1.09 bits per heavy atom. The Morgan fingerprint density at radius 3 is 2.65 bits per heavy atom. The Hall–Kier alpha value is -2.93. The summed E-state index contributed by atoms with van der Waals surface area (Å²) in [6.07, 6.45) is 1.21. The second-order valence-corrected chi connectivity index (χ2v) is 5.69. The van der Waals surface area contributed by atoms with E-state index in [9.17, 15) is 9.59 Å². The Kier molecular flexibility index (Phi) is 4.20. The number of para-hydroxylation sites is 1. The molecule has 0 radical (unpaired) electrons. The van der Waals surface area contributed by atoms with Gasteiger partial charge in [-0.05, 0) is 30.0 Å². The molecule has 7 heteroatoms. The van der Waals surface area contributed by atoms with Crippen molar-refractivity contribution in [1.29, 1.82) is 0 Å². The van der Waals surface area contributed by atoms with E-state index in [1.54, 1.807) is 23.6 Å². The number of anilines is 2. The molecule has 116 valence electrons. The third-order valence-corrected chi connectivity index (χ3v) is 3.96. The molecular formula is C16H13N3O3S. The minimum absolute atomic E-state index is 0.0154. The van der Waals surface area contributed by atoms with E-state index in [2.05, 4.69) is 15.6 Å². The summed E-state index contributed by atoms with van der Waals surface area (Å²) >= 11 is 1.31. The molecule has 1 aromatic carbocycles. The first-order chi connectivity index (χ1) is 11.1. The number of aryl methyl sites for hydroxylation is 1. The van der Waals surface area contributed by atoms with Crippen molar-refractivity contribution < 1.29 is 14.0 Å². The summed E-state index contributed by atoms with van der Waals surface area (Å²) in [5, 5.41) is 7.05. The fourth-order valence-corrected chi connectivity index (χ4v) is 2.52. The van der Waals surface area contributed by atoms with E-state index in [1.807, 2.05) is 25.1 Å². The molecule has 23 heavy (non-hydrogen) atoms. The number of oxazole rings is 1. The van der Waals surface area contributed by atoms with E-state index < -0.39 is 5.91 Å². The van der Waals surface area contributed by atoms with E-state index >= 15 is 0 Å². The van der Waals surface area contributed by atoms with Crippen molar-refractivity contribution in [3.8, 4) is 0 Å². The largest absolute Gasteiger partial charge is 0.431 e. The molecule has 3 aromatic rings. The minimum Gasteiger partial charge on any atom is -0.431 e. The molecule has 0 bridgehead atoms. The topological polar surface area (TPSA) is 84.2 Å². The van der Waals surface area contributed by atoms with Crippen molar-refractivity contribution in [3.05, 3.63) is 64.2 Å². The van der Waals surface area contributed by atoms with Gasteiger partial charge >= 0.3 is 6.01 Å². The van der Waals surface area contributed by atoms with Gasteiger partial charge in [-0.3, -0.25) is 14.9 Å². The fourth-order valence-electron chi connectivity index (χ4n) is 1.90. The van der Waals surface area contributed by atoms with Gasteiger partial charge in [0.15, 0.2) is 5.69 Å². The van der Waals surface area contributed by atoms with Gasteiger partial charge in [0.05, 0.1) is 4.88 Å². The van der Waals surface area contributed by atoms with Gasteiger partial charge in [-0.1, -0.05) is 24.3 Å². The number of nitrogens with one attached hydrogen (secondary N) is 2. The smallest absolute Gasteiger partial charge is 0.302 e. The summed E-state index contributed by atoms with van der Waals surface area (Å²) in [7, 11) is 0. The molecular weight excluding hydrogens is 314 g/mol. The second-order valence-electron chi connectivity index (χ2n) is 4.74. The highest BCUT2D eigenvalue weighted by molar-refractivity contribution is 7.12. The highest BCUT2D eigenvalue weighted by Gasteiger charge is 2.15. The summed E-state index contributed by atoms with van der Waals surface area (Å²) < 4.78 is 5.12. The number of hydrogen-bond donors (Lipinski definition) is 2. The molecule has 0 spiro atoms. The van der Waals surface area contributed by atoms with E-state index in [4.69, 9.17) is 4.42 Å². The molecule has 0 fully saturated rings. The van der Waals surface area contributed by atoms with Crippen LogP contribution in [0.25, 0.3) is 0 Å². The van der Waals surface area contributed by atoms with Crippen molar-refractivity contribution in [3.63, 3.8) is 0 Å². The van der Waals surface area contributed by atoms with Crippen LogP contribution >= 0.6 is 11.3 Å². The molecule has 0 aliphatic carbocycles. The number of amides is 2. The van der Waals surface area contributed by atoms with Crippen LogP contribution in [0.15, 0.2) is 52.5 Å². The number of carbonyl (C=O) groups is 2. The van der Waals surface area contributed by atoms with Crippen LogP contribution in [0.1, 0.15) is 25.7 Å². The number of aromatic nitrogens is 1. The lowest BCUT2D eigenvalue weighted by molar-refractivity contribution is 0.101. The first-order valence-corrected chi connectivity index (χ1v) is 7.69. The van der Waals surface area contributed by atoms with Crippen molar-refractivity contribution in [2.24, 2.45) is 0 Å². The van der Waals surface area contributed by atoms with Crippen LogP contribution in [-0.4, -0.2) is 16.8 Å². The third kappa shape index (κ3) is 3.46. The summed E-state index contributed by atoms with van der Waals surface area (Å²) in [6.45, 7) is 1.89. The summed E-state index contributed by atoms with van der Waals surface area (Å²) in [5.74, 6) is -0.729. The van der Waals surface area contributed by atoms with Crippen LogP contribution in [0.2, 0.25) is 0 Å². The van der Waals surface area contributed by atoms with Gasteiger partial charge in [-0.15, -0.1) is 11.3 Å². The number of hydrogen-bond acceptors (Lipinski definition) is 5. The molecule has 0 atom stereocenters. The fraction of sp³-hybridized carbons (Fsp3) is 0.0625. The van der Waals surface area contributed by atoms with Crippen molar-refractivity contribution in [2.45, 2.75) is 6.92 Å². The summed E-state index contributed by atoms with van der Waals surface area (Å²) in [4.78, 5) is 28.6. The van der Waals surface area contributed by atoms with Gasteiger partial charge < -0.3 is 9.73 Å². The first-order valence-electron chi connectivity index (χ1n) is 6.81. The van der Waals surface area contributed by atoms with Crippen LogP contribution in [0.5, 0.6) is 0 Å². The molecule has 0 aliphatic heterocycles. The zero-order valence-corrected chi connectivity index (χ0v) is 13.0. The van der Waals surface area contributed by atoms with Gasteiger partial charge in [0.1, 0.15) is 6.26 Å². The van der Waals surface area contributed by atoms with Crippen LogP contribution in [0.4, 0.5) is 11.7 Å². The Labute approximate surface area is 136 Å². The monoisotopic (exact) mass is 327 g/mol. The molecule has 2 aromatic heterocycles. The minimum atomic E-state index is -0.403. The molecule has 0 saturated heterocycles. The average Bonchev–Trinajstić information content (AvgIpc) is 3.20. The molecule has 0 saturated carbocycles. The van der Waals surface area contributed by atoms with Crippen LogP contribution in [0, 0.1) is 6.92 Å². The van der Waals surface area contributed by atoms with Crippen molar-refractivity contribution in [2.75, 3.05) is 10.6 Å². The lowest BCUT2D eigenvalue weighted by atomic mass is 10.2. The SMILES string of the molecule is Cc1ccccc1NC(=O)c1coc(NC(=O)c2cccs2)n1. The van der Waals surface area contributed by atoms with Gasteiger partial charge in [0.2, 0.25) is 0 Å². The van der Waals surface area contributed by atoms with Crippen LogP contribution < -0.4 is 10.6 Å². The van der Waals surface area contributed by atoms with Gasteiger partial charge in [-0.2, -0.15) is 4.98 Å². The number of carbonyl (C=O) groups excluding carboxylic acids is 2. The predicted octanol–water partition coefficient (Wildman–Crippen LogP) is 3.55. The molecule has 2 heterocycles. The third-order valence-electron chi connectivity index (χ3n) is 3.10. The van der Waals surface area contributed by atoms with Crippen molar-refractivity contribution in [1.82, 2.24) is 4.98 Å². The van der Waals surface area contributed by atoms with Crippen LogP contribution in [-0.2, 0) is 0 Å². The van der Waals surface area contributed by atoms with E-state index in [1.165, 1.54) is 17.6 Å². The maximum absolute atomic E-state index is 12.1. The normalized spacial score (nSPS) is 10.3. The quantitative estimate of drug-likeness (QED) is 0.767. The standard InChI is InChI=1S/C16H13N3O3S/c1-10-5-2-3-6-11(10)17-14(20)12-9-22-16(18-12)19-15(21)13-7-4-8-23-13/h2-9H,1H3,(H,17,20)(H,18,19,21).